The molecule has 0 unspecified atom stereocenters. The van der Waals surface area contributed by atoms with Gasteiger partial charge in [0.15, 0.2) is 0 Å². The molecule has 1 N–H and O–H groups in total. The minimum Gasteiger partial charge on any atom is -0.321 e. The second-order valence-corrected chi connectivity index (χ2v) is 6.18. The van der Waals surface area contributed by atoms with Crippen LogP contribution in [0.2, 0.25) is 0 Å². The summed E-state index contributed by atoms with van der Waals surface area (Å²) in [5.41, 5.74) is 4.23. The number of aromatic nitrogens is 3. The van der Waals surface area contributed by atoms with Crippen LogP contribution in [0.3, 0.4) is 0 Å². The van der Waals surface area contributed by atoms with Crippen molar-refractivity contribution in [3.05, 3.63) is 89.9 Å². The number of rotatable bonds is 4. The number of carbonyl (C=O) groups is 1. The number of hydrogen-bond donors (Lipinski definition) is 1. The lowest BCUT2D eigenvalue weighted by atomic mass is 10.1. The summed E-state index contributed by atoms with van der Waals surface area (Å²) < 4.78 is 1.85. The van der Waals surface area contributed by atoms with Gasteiger partial charge in [0.05, 0.1) is 17.7 Å². The average Bonchev–Trinajstić information content (AvgIpc) is 3.15. The predicted octanol–water partition coefficient (Wildman–Crippen LogP) is 4.04. The lowest BCUT2D eigenvalue weighted by Crippen LogP contribution is -2.12. The first-order valence-corrected chi connectivity index (χ1v) is 8.43. The van der Waals surface area contributed by atoms with Crippen molar-refractivity contribution in [3.63, 3.8) is 0 Å². The Kier molecular flexibility index (Phi) is 4.19. The number of para-hydroxylation sites is 1. The standard InChI is InChI=1S/C21H18N4O/c1-15-13-20(18-5-2-3-6-19(18)23-15)24-21(26)17-9-7-16(8-10-17)14-25-12-4-11-22-25/h2-13H,14H2,1H3,(H,23,24,26). The lowest BCUT2D eigenvalue weighted by Gasteiger charge is -2.10. The van der Waals surface area contributed by atoms with Crippen LogP contribution in [0.4, 0.5) is 5.69 Å². The Hall–Kier alpha value is -3.47. The summed E-state index contributed by atoms with van der Waals surface area (Å²) in [5.74, 6) is -0.133. The number of aryl methyl sites for hydroxylation is 1. The summed E-state index contributed by atoms with van der Waals surface area (Å²) >= 11 is 0. The van der Waals surface area contributed by atoms with Crippen molar-refractivity contribution >= 4 is 22.5 Å². The average molecular weight is 342 g/mol. The maximum atomic E-state index is 12.6. The summed E-state index contributed by atoms with van der Waals surface area (Å²) in [6.07, 6.45) is 3.67. The van der Waals surface area contributed by atoms with E-state index >= 15 is 0 Å². The van der Waals surface area contributed by atoms with Crippen LogP contribution in [0, 0.1) is 6.92 Å². The third-order valence-corrected chi connectivity index (χ3v) is 4.21. The fraction of sp³-hybridized carbons (Fsp3) is 0.0952. The van der Waals surface area contributed by atoms with Gasteiger partial charge in [0.25, 0.3) is 5.91 Å². The highest BCUT2D eigenvalue weighted by molar-refractivity contribution is 6.08. The van der Waals surface area contributed by atoms with Crippen LogP contribution >= 0.6 is 0 Å². The first-order valence-electron chi connectivity index (χ1n) is 8.43. The fourth-order valence-electron chi connectivity index (χ4n) is 2.95. The Labute approximate surface area is 151 Å². The molecule has 26 heavy (non-hydrogen) atoms. The highest BCUT2D eigenvalue weighted by Crippen LogP contribution is 2.23. The first-order chi connectivity index (χ1) is 12.7. The minimum atomic E-state index is -0.133. The molecule has 0 radical (unpaired) electrons. The van der Waals surface area contributed by atoms with Gasteiger partial charge in [-0.25, -0.2) is 0 Å². The molecule has 0 atom stereocenters. The highest BCUT2D eigenvalue weighted by Gasteiger charge is 2.10. The van der Waals surface area contributed by atoms with Crippen LogP contribution in [0.1, 0.15) is 21.6 Å². The number of carbonyl (C=O) groups excluding carboxylic acids is 1. The number of fused-ring (bicyclic) bond motifs is 1. The summed E-state index contributed by atoms with van der Waals surface area (Å²) in [6, 6.07) is 19.2. The molecule has 128 valence electrons. The SMILES string of the molecule is Cc1cc(NC(=O)c2ccc(Cn3cccn3)cc2)c2ccccc2n1. The number of pyridine rings is 1. The van der Waals surface area contributed by atoms with Gasteiger partial charge in [0, 0.05) is 29.0 Å². The van der Waals surface area contributed by atoms with E-state index in [1.165, 1.54) is 0 Å². The largest absolute Gasteiger partial charge is 0.321 e. The number of anilines is 1. The lowest BCUT2D eigenvalue weighted by molar-refractivity contribution is 0.102. The molecule has 0 spiro atoms. The molecule has 2 heterocycles. The van der Waals surface area contributed by atoms with Crippen molar-refractivity contribution < 1.29 is 4.79 Å². The van der Waals surface area contributed by atoms with Crippen LogP contribution in [0.25, 0.3) is 10.9 Å². The molecular weight excluding hydrogens is 324 g/mol. The van der Waals surface area contributed by atoms with Gasteiger partial charge in [0.2, 0.25) is 0 Å². The van der Waals surface area contributed by atoms with E-state index < -0.39 is 0 Å². The summed E-state index contributed by atoms with van der Waals surface area (Å²) in [7, 11) is 0. The van der Waals surface area contributed by atoms with Crippen LogP contribution in [-0.2, 0) is 6.54 Å². The van der Waals surface area contributed by atoms with Crippen LogP contribution < -0.4 is 5.32 Å². The second kappa shape index (κ2) is 6.80. The van der Waals surface area contributed by atoms with E-state index in [2.05, 4.69) is 15.4 Å². The van der Waals surface area contributed by atoms with E-state index in [-0.39, 0.29) is 5.91 Å². The highest BCUT2D eigenvalue weighted by atomic mass is 16.1. The third kappa shape index (κ3) is 3.32. The summed E-state index contributed by atoms with van der Waals surface area (Å²) in [6.45, 7) is 2.61. The van der Waals surface area contributed by atoms with E-state index in [0.29, 0.717) is 12.1 Å². The van der Waals surface area contributed by atoms with Crippen LogP contribution in [0.5, 0.6) is 0 Å². The number of hydrogen-bond acceptors (Lipinski definition) is 3. The molecule has 0 aliphatic rings. The molecule has 5 nitrogen and oxygen atoms in total. The normalized spacial score (nSPS) is 10.8. The van der Waals surface area contributed by atoms with Gasteiger partial charge in [-0.1, -0.05) is 30.3 Å². The van der Waals surface area contributed by atoms with Gasteiger partial charge < -0.3 is 5.32 Å². The van der Waals surface area contributed by atoms with Crippen molar-refractivity contribution in [2.45, 2.75) is 13.5 Å². The van der Waals surface area contributed by atoms with E-state index in [1.54, 1.807) is 6.20 Å². The van der Waals surface area contributed by atoms with Crippen molar-refractivity contribution in [1.29, 1.82) is 0 Å². The zero-order chi connectivity index (χ0) is 17.9. The topological polar surface area (TPSA) is 59.8 Å². The predicted molar refractivity (Wildman–Crippen MR) is 102 cm³/mol. The maximum absolute atomic E-state index is 12.6. The minimum absolute atomic E-state index is 0.133. The smallest absolute Gasteiger partial charge is 0.255 e. The summed E-state index contributed by atoms with van der Waals surface area (Å²) in [4.78, 5) is 17.2. The van der Waals surface area contributed by atoms with Crippen molar-refractivity contribution in [1.82, 2.24) is 14.8 Å². The molecule has 0 saturated carbocycles. The molecule has 0 aliphatic heterocycles. The third-order valence-electron chi connectivity index (χ3n) is 4.21. The van der Waals surface area contributed by atoms with Gasteiger partial charge in [-0.15, -0.1) is 0 Å². The van der Waals surface area contributed by atoms with Gasteiger partial charge >= 0.3 is 0 Å². The van der Waals surface area contributed by atoms with E-state index in [1.807, 2.05) is 78.5 Å². The van der Waals surface area contributed by atoms with Gasteiger partial charge in [-0.2, -0.15) is 5.10 Å². The molecule has 0 fully saturated rings. The molecule has 0 aliphatic carbocycles. The summed E-state index contributed by atoms with van der Waals surface area (Å²) in [5, 5.41) is 8.14. The second-order valence-electron chi connectivity index (χ2n) is 6.18. The monoisotopic (exact) mass is 342 g/mol. The van der Waals surface area contributed by atoms with E-state index in [0.717, 1.165) is 27.8 Å². The number of amides is 1. The van der Waals surface area contributed by atoms with Gasteiger partial charge in [-0.05, 0) is 42.8 Å². The number of benzene rings is 2. The molecule has 0 saturated heterocycles. The Morgan fingerprint density at radius 2 is 1.88 bits per heavy atom. The Morgan fingerprint density at radius 3 is 2.65 bits per heavy atom. The Bertz CT molecular complexity index is 1050. The van der Waals surface area contributed by atoms with Crippen LogP contribution in [-0.4, -0.2) is 20.7 Å². The van der Waals surface area contributed by atoms with Crippen molar-refractivity contribution in [3.8, 4) is 0 Å². The Morgan fingerprint density at radius 1 is 1.08 bits per heavy atom. The van der Waals surface area contributed by atoms with E-state index in [4.69, 9.17) is 0 Å². The first kappa shape index (κ1) is 16.0. The molecule has 2 aromatic heterocycles. The maximum Gasteiger partial charge on any atom is 0.255 e. The molecule has 4 aromatic rings. The molecular formula is C21H18N4O. The number of nitrogens with zero attached hydrogens (tertiary/aromatic N) is 3. The van der Waals surface area contributed by atoms with Crippen molar-refractivity contribution in [2.24, 2.45) is 0 Å². The van der Waals surface area contributed by atoms with Crippen LogP contribution in [0.15, 0.2) is 73.1 Å². The molecule has 2 aromatic carbocycles. The quantitative estimate of drug-likeness (QED) is 0.609. The van der Waals surface area contributed by atoms with E-state index in [9.17, 15) is 4.79 Å². The molecule has 1 amide bonds. The zero-order valence-electron chi connectivity index (χ0n) is 14.4. The van der Waals surface area contributed by atoms with Gasteiger partial charge in [0.1, 0.15) is 0 Å². The molecule has 5 heteroatoms. The zero-order valence-corrected chi connectivity index (χ0v) is 14.4. The number of nitrogens with one attached hydrogen (secondary N) is 1. The fourth-order valence-corrected chi connectivity index (χ4v) is 2.95. The Balaban J connectivity index is 1.55. The molecule has 4 rings (SSSR count). The van der Waals surface area contributed by atoms with Gasteiger partial charge in [-0.3, -0.25) is 14.5 Å². The van der Waals surface area contributed by atoms with Crippen molar-refractivity contribution in [2.75, 3.05) is 5.32 Å². The molecule has 0 bridgehead atoms.